The second kappa shape index (κ2) is 5.63. The number of hydrogen-bond acceptors (Lipinski definition) is 4. The lowest BCUT2D eigenvalue weighted by atomic mass is 10.3. The van der Waals surface area contributed by atoms with Crippen molar-refractivity contribution in [3.63, 3.8) is 0 Å². The zero-order valence-corrected chi connectivity index (χ0v) is 12.3. The van der Waals surface area contributed by atoms with Crippen LogP contribution in [0.4, 0.5) is 5.82 Å². The highest BCUT2D eigenvalue weighted by atomic mass is 35.5. The molecule has 0 atom stereocenters. The molecule has 0 saturated carbocycles. The van der Waals surface area contributed by atoms with Gasteiger partial charge >= 0.3 is 0 Å². The summed E-state index contributed by atoms with van der Waals surface area (Å²) in [6.45, 7) is 3.68. The summed E-state index contributed by atoms with van der Waals surface area (Å²) < 4.78 is 5.74. The topological polar surface area (TPSA) is 47.0 Å². The maximum Gasteiger partial charge on any atom is 0.227 e. The molecule has 4 nitrogen and oxygen atoms in total. The van der Waals surface area contributed by atoms with Crippen LogP contribution in [-0.2, 0) is 0 Å². The van der Waals surface area contributed by atoms with E-state index in [0.29, 0.717) is 27.5 Å². The number of benzene rings is 1. The lowest BCUT2D eigenvalue weighted by molar-refractivity contribution is 0.456. The van der Waals surface area contributed by atoms with Gasteiger partial charge in [0.1, 0.15) is 17.4 Å². The maximum atomic E-state index is 6.08. The Balaban J connectivity index is 2.40. The lowest BCUT2D eigenvalue weighted by Gasteiger charge is -2.12. The van der Waals surface area contributed by atoms with Crippen molar-refractivity contribution in [3.8, 4) is 11.6 Å². The highest BCUT2D eigenvalue weighted by Gasteiger charge is 2.12. The fourth-order valence-electron chi connectivity index (χ4n) is 1.61. The molecule has 2 aromatic rings. The fourth-order valence-corrected chi connectivity index (χ4v) is 2.05. The molecule has 0 aliphatic carbocycles. The molecule has 0 aliphatic rings. The Morgan fingerprint density at radius 2 is 1.89 bits per heavy atom. The average molecular weight is 298 g/mol. The van der Waals surface area contributed by atoms with E-state index in [-0.39, 0.29) is 0 Å². The standard InChI is InChI=1S/C13H13Cl2N3O/c1-7-12(16-3)17-8(2)18-13(7)19-11-5-4-9(14)6-10(11)15/h4-6H,1-3H3,(H,16,17,18). The number of aryl methyl sites for hydroxylation is 1. The van der Waals surface area contributed by atoms with Crippen molar-refractivity contribution in [3.05, 3.63) is 39.6 Å². The number of ether oxygens (including phenoxy) is 1. The molecule has 1 aromatic carbocycles. The van der Waals surface area contributed by atoms with E-state index in [1.807, 2.05) is 6.92 Å². The third kappa shape index (κ3) is 3.08. The van der Waals surface area contributed by atoms with Crippen LogP contribution in [0.2, 0.25) is 10.0 Å². The van der Waals surface area contributed by atoms with Gasteiger partial charge in [-0.1, -0.05) is 23.2 Å². The van der Waals surface area contributed by atoms with E-state index in [9.17, 15) is 0 Å². The van der Waals surface area contributed by atoms with Gasteiger partial charge < -0.3 is 10.1 Å². The van der Waals surface area contributed by atoms with Crippen molar-refractivity contribution in [1.29, 1.82) is 0 Å². The molecule has 100 valence electrons. The van der Waals surface area contributed by atoms with Gasteiger partial charge in [0.15, 0.2) is 0 Å². The summed E-state index contributed by atoms with van der Waals surface area (Å²) in [6, 6.07) is 5.05. The molecule has 0 bridgehead atoms. The Hall–Kier alpha value is -1.52. The van der Waals surface area contributed by atoms with Gasteiger partial charge in [0.2, 0.25) is 5.88 Å². The van der Waals surface area contributed by atoms with Crippen LogP contribution in [0.1, 0.15) is 11.4 Å². The second-order valence-electron chi connectivity index (χ2n) is 3.98. The number of anilines is 1. The summed E-state index contributed by atoms with van der Waals surface area (Å²) in [5.74, 6) is 2.33. The van der Waals surface area contributed by atoms with Crippen LogP contribution in [0.3, 0.4) is 0 Å². The Bertz CT molecular complexity index is 617. The Morgan fingerprint density at radius 1 is 1.16 bits per heavy atom. The number of rotatable bonds is 3. The first-order valence-corrected chi connectivity index (χ1v) is 6.42. The summed E-state index contributed by atoms with van der Waals surface area (Å²) >= 11 is 11.9. The van der Waals surface area contributed by atoms with Crippen molar-refractivity contribution in [2.24, 2.45) is 0 Å². The van der Waals surface area contributed by atoms with E-state index in [0.717, 1.165) is 11.4 Å². The molecule has 0 unspecified atom stereocenters. The van der Waals surface area contributed by atoms with E-state index in [2.05, 4.69) is 15.3 Å². The molecule has 1 aromatic heterocycles. The van der Waals surface area contributed by atoms with Crippen LogP contribution in [0.5, 0.6) is 11.6 Å². The minimum Gasteiger partial charge on any atom is -0.437 e. The van der Waals surface area contributed by atoms with Gasteiger partial charge in [-0.05, 0) is 32.0 Å². The SMILES string of the molecule is CNc1nc(C)nc(Oc2ccc(Cl)cc2Cl)c1C. The molecule has 0 spiro atoms. The van der Waals surface area contributed by atoms with E-state index in [1.165, 1.54) is 0 Å². The summed E-state index contributed by atoms with van der Waals surface area (Å²) in [5, 5.41) is 4.00. The number of nitrogens with zero attached hydrogens (tertiary/aromatic N) is 2. The number of halogens is 2. The summed E-state index contributed by atoms with van der Waals surface area (Å²) in [7, 11) is 1.80. The van der Waals surface area contributed by atoms with Gasteiger partial charge in [-0.25, -0.2) is 4.98 Å². The molecule has 1 heterocycles. The third-order valence-corrected chi connectivity index (χ3v) is 3.08. The van der Waals surface area contributed by atoms with Crippen LogP contribution < -0.4 is 10.1 Å². The molecule has 0 fully saturated rings. The van der Waals surface area contributed by atoms with Gasteiger partial charge in [0.05, 0.1) is 10.6 Å². The van der Waals surface area contributed by atoms with Gasteiger partial charge in [-0.15, -0.1) is 0 Å². The predicted molar refractivity (Wildman–Crippen MR) is 77.6 cm³/mol. The molecular formula is C13H13Cl2N3O. The molecule has 2 rings (SSSR count). The number of nitrogens with one attached hydrogen (secondary N) is 1. The van der Waals surface area contributed by atoms with Crippen molar-refractivity contribution >= 4 is 29.0 Å². The maximum absolute atomic E-state index is 6.08. The normalized spacial score (nSPS) is 10.4. The van der Waals surface area contributed by atoms with Gasteiger partial charge in [-0.3, -0.25) is 0 Å². The molecular weight excluding hydrogens is 285 g/mol. The van der Waals surface area contributed by atoms with E-state index in [4.69, 9.17) is 27.9 Å². The number of hydrogen-bond donors (Lipinski definition) is 1. The average Bonchev–Trinajstić information content (AvgIpc) is 2.36. The van der Waals surface area contributed by atoms with Crippen LogP contribution in [0.25, 0.3) is 0 Å². The zero-order chi connectivity index (χ0) is 14.0. The van der Waals surface area contributed by atoms with Crippen LogP contribution in [0, 0.1) is 13.8 Å². The molecule has 0 radical (unpaired) electrons. The first-order valence-electron chi connectivity index (χ1n) is 5.67. The van der Waals surface area contributed by atoms with Crippen molar-refractivity contribution in [2.75, 3.05) is 12.4 Å². The Kier molecular flexibility index (Phi) is 4.12. The van der Waals surface area contributed by atoms with Crippen LogP contribution in [-0.4, -0.2) is 17.0 Å². The first kappa shape index (κ1) is 13.9. The minimum absolute atomic E-state index is 0.439. The highest BCUT2D eigenvalue weighted by molar-refractivity contribution is 6.35. The fraction of sp³-hybridized carbons (Fsp3) is 0.231. The molecule has 0 saturated heterocycles. The Morgan fingerprint density at radius 3 is 2.53 bits per heavy atom. The second-order valence-corrected chi connectivity index (χ2v) is 4.82. The molecule has 19 heavy (non-hydrogen) atoms. The molecule has 0 aliphatic heterocycles. The molecule has 1 N–H and O–H groups in total. The summed E-state index contributed by atoms with van der Waals surface area (Å²) in [6.07, 6.45) is 0. The van der Waals surface area contributed by atoms with Gasteiger partial charge in [0, 0.05) is 12.1 Å². The number of aromatic nitrogens is 2. The van der Waals surface area contributed by atoms with Gasteiger partial charge in [-0.2, -0.15) is 4.98 Å². The quantitative estimate of drug-likeness (QED) is 0.921. The van der Waals surface area contributed by atoms with Crippen LogP contribution in [0.15, 0.2) is 18.2 Å². The van der Waals surface area contributed by atoms with Gasteiger partial charge in [0.25, 0.3) is 0 Å². The van der Waals surface area contributed by atoms with Crippen molar-refractivity contribution < 1.29 is 4.74 Å². The minimum atomic E-state index is 0.439. The van der Waals surface area contributed by atoms with Crippen molar-refractivity contribution in [1.82, 2.24) is 9.97 Å². The highest BCUT2D eigenvalue weighted by Crippen LogP contribution is 2.33. The van der Waals surface area contributed by atoms with E-state index < -0.39 is 0 Å². The summed E-state index contributed by atoms with van der Waals surface area (Å²) in [5.41, 5.74) is 0.819. The molecule has 6 heteroatoms. The largest absolute Gasteiger partial charge is 0.437 e. The smallest absolute Gasteiger partial charge is 0.227 e. The van der Waals surface area contributed by atoms with Crippen LogP contribution >= 0.6 is 23.2 Å². The monoisotopic (exact) mass is 297 g/mol. The lowest BCUT2D eigenvalue weighted by Crippen LogP contribution is -2.03. The first-order chi connectivity index (χ1) is 9.01. The van der Waals surface area contributed by atoms with E-state index in [1.54, 1.807) is 32.2 Å². The molecule has 0 amide bonds. The third-order valence-electron chi connectivity index (χ3n) is 2.55. The zero-order valence-electron chi connectivity index (χ0n) is 10.8. The van der Waals surface area contributed by atoms with Crippen molar-refractivity contribution in [2.45, 2.75) is 13.8 Å². The predicted octanol–water partition coefficient (Wildman–Crippen LogP) is 4.23. The summed E-state index contributed by atoms with van der Waals surface area (Å²) in [4.78, 5) is 8.55. The van der Waals surface area contributed by atoms with E-state index >= 15 is 0 Å². The Labute approximate surface area is 121 Å².